The van der Waals surface area contributed by atoms with E-state index in [1.165, 1.54) is 16.8 Å². The van der Waals surface area contributed by atoms with Crippen molar-refractivity contribution < 1.29 is 9.53 Å². The van der Waals surface area contributed by atoms with Gasteiger partial charge in [-0.1, -0.05) is 48.5 Å². The molecule has 2 aromatic carbocycles. The number of carbonyl (C=O) groups is 1. The maximum Gasteiger partial charge on any atom is 0.271 e. The Morgan fingerprint density at radius 1 is 0.962 bits per heavy atom. The summed E-state index contributed by atoms with van der Waals surface area (Å²) in [5, 5.41) is 6.89. The number of amides is 1. The molecule has 1 N–H and O–H groups in total. The Morgan fingerprint density at radius 3 is 2.38 bits per heavy atom. The number of nitrogens with one attached hydrogen (secondary N) is 1. The zero-order valence-corrected chi connectivity index (χ0v) is 14.2. The fourth-order valence-corrected chi connectivity index (χ4v) is 2.38. The maximum atomic E-state index is 12.2. The lowest BCUT2D eigenvalue weighted by molar-refractivity contribution is 0.0939. The van der Waals surface area contributed by atoms with Crippen LogP contribution in [0.15, 0.2) is 77.6 Å². The Hall–Kier alpha value is -3.41. The van der Waals surface area contributed by atoms with Crippen LogP contribution in [-0.2, 0) is 6.54 Å². The normalized spacial score (nSPS) is 10.3. The van der Waals surface area contributed by atoms with Crippen molar-refractivity contribution in [2.45, 2.75) is 6.54 Å². The second-order valence-corrected chi connectivity index (χ2v) is 5.62. The molecule has 1 amide bonds. The second kappa shape index (κ2) is 8.62. The number of carbonyl (C=O) groups excluding carboxylic acids is 1. The molecule has 0 aliphatic heterocycles. The SMILES string of the molecule is O=C(NCCOc1ccccc1)c1ccc(=O)n(Cc2ccccc2)n1. The molecule has 0 fully saturated rings. The Labute approximate surface area is 151 Å². The van der Waals surface area contributed by atoms with Crippen molar-refractivity contribution in [1.82, 2.24) is 15.1 Å². The molecule has 1 aromatic heterocycles. The summed E-state index contributed by atoms with van der Waals surface area (Å²) in [6.45, 7) is 1.00. The van der Waals surface area contributed by atoms with Crippen LogP contribution in [0.25, 0.3) is 0 Å². The molecule has 0 saturated carbocycles. The number of para-hydroxylation sites is 1. The van der Waals surface area contributed by atoms with Gasteiger partial charge in [0.05, 0.1) is 13.1 Å². The van der Waals surface area contributed by atoms with E-state index in [4.69, 9.17) is 4.74 Å². The van der Waals surface area contributed by atoms with Crippen molar-refractivity contribution in [3.63, 3.8) is 0 Å². The molecule has 0 spiro atoms. The molecule has 0 atom stereocenters. The highest BCUT2D eigenvalue weighted by Gasteiger charge is 2.09. The molecule has 0 unspecified atom stereocenters. The molecule has 6 nitrogen and oxygen atoms in total. The van der Waals surface area contributed by atoms with Gasteiger partial charge in [0.25, 0.3) is 11.5 Å². The van der Waals surface area contributed by atoms with Gasteiger partial charge in [-0.15, -0.1) is 0 Å². The Kier molecular flexibility index (Phi) is 5.77. The monoisotopic (exact) mass is 349 g/mol. The van der Waals surface area contributed by atoms with E-state index in [1.54, 1.807) is 0 Å². The Morgan fingerprint density at radius 2 is 1.65 bits per heavy atom. The summed E-state index contributed by atoms with van der Waals surface area (Å²) in [4.78, 5) is 24.2. The van der Waals surface area contributed by atoms with E-state index in [0.29, 0.717) is 19.7 Å². The molecule has 1 heterocycles. The number of aromatic nitrogens is 2. The topological polar surface area (TPSA) is 73.2 Å². The standard InChI is InChI=1S/C20H19N3O3/c24-19-12-11-18(22-23(19)15-16-7-3-1-4-8-16)20(25)21-13-14-26-17-9-5-2-6-10-17/h1-12H,13-15H2,(H,21,25). The van der Waals surface area contributed by atoms with Crippen LogP contribution in [0.1, 0.15) is 16.1 Å². The first-order valence-electron chi connectivity index (χ1n) is 8.30. The fraction of sp³-hybridized carbons (Fsp3) is 0.150. The molecule has 132 valence electrons. The summed E-state index contributed by atoms with van der Waals surface area (Å²) in [6.07, 6.45) is 0. The van der Waals surface area contributed by atoms with Gasteiger partial charge < -0.3 is 10.1 Å². The van der Waals surface area contributed by atoms with Crippen molar-refractivity contribution in [2.24, 2.45) is 0 Å². The molecule has 0 radical (unpaired) electrons. The number of nitrogens with zero attached hydrogens (tertiary/aromatic N) is 2. The van der Waals surface area contributed by atoms with Crippen LogP contribution in [0.2, 0.25) is 0 Å². The summed E-state index contributed by atoms with van der Waals surface area (Å²) in [6, 6.07) is 21.7. The van der Waals surface area contributed by atoms with Gasteiger partial charge in [0, 0.05) is 6.07 Å². The van der Waals surface area contributed by atoms with Gasteiger partial charge in [-0.2, -0.15) is 5.10 Å². The Bertz CT molecular complexity index is 908. The highest BCUT2D eigenvalue weighted by Crippen LogP contribution is 2.07. The lowest BCUT2D eigenvalue weighted by Gasteiger charge is -2.09. The van der Waals surface area contributed by atoms with Gasteiger partial charge in [0.1, 0.15) is 18.1 Å². The third-order valence-electron chi connectivity index (χ3n) is 3.67. The largest absolute Gasteiger partial charge is 0.492 e. The van der Waals surface area contributed by atoms with Crippen LogP contribution in [0, 0.1) is 0 Å². The third-order valence-corrected chi connectivity index (χ3v) is 3.67. The van der Waals surface area contributed by atoms with Crippen LogP contribution < -0.4 is 15.6 Å². The van der Waals surface area contributed by atoms with Crippen LogP contribution in [0.3, 0.4) is 0 Å². The summed E-state index contributed by atoms with van der Waals surface area (Å²) in [5.74, 6) is 0.403. The van der Waals surface area contributed by atoms with Gasteiger partial charge in [-0.3, -0.25) is 9.59 Å². The van der Waals surface area contributed by atoms with E-state index < -0.39 is 0 Å². The lowest BCUT2D eigenvalue weighted by Crippen LogP contribution is -2.32. The van der Waals surface area contributed by atoms with E-state index >= 15 is 0 Å². The molecule has 0 saturated heterocycles. The number of benzene rings is 2. The predicted molar refractivity (Wildman–Crippen MR) is 98.3 cm³/mol. The molecule has 0 aliphatic rings. The molecular formula is C20H19N3O3. The first-order valence-corrected chi connectivity index (χ1v) is 8.30. The quantitative estimate of drug-likeness (QED) is 0.663. The highest BCUT2D eigenvalue weighted by atomic mass is 16.5. The van der Waals surface area contributed by atoms with E-state index in [0.717, 1.165) is 11.3 Å². The minimum atomic E-state index is -0.344. The summed E-state index contributed by atoms with van der Waals surface area (Å²) in [7, 11) is 0. The van der Waals surface area contributed by atoms with Crippen LogP contribution in [0.5, 0.6) is 5.75 Å². The fourth-order valence-electron chi connectivity index (χ4n) is 2.38. The van der Waals surface area contributed by atoms with Crippen molar-refractivity contribution in [2.75, 3.05) is 13.2 Å². The maximum absolute atomic E-state index is 12.2. The van der Waals surface area contributed by atoms with Gasteiger partial charge in [0.2, 0.25) is 0 Å². The summed E-state index contributed by atoms with van der Waals surface area (Å²) >= 11 is 0. The second-order valence-electron chi connectivity index (χ2n) is 5.62. The third kappa shape index (κ3) is 4.80. The molecule has 0 bridgehead atoms. The van der Waals surface area contributed by atoms with E-state index in [1.807, 2.05) is 60.7 Å². The van der Waals surface area contributed by atoms with E-state index in [2.05, 4.69) is 10.4 Å². The van der Waals surface area contributed by atoms with Crippen molar-refractivity contribution >= 4 is 5.91 Å². The number of rotatable bonds is 7. The predicted octanol–water partition coefficient (Wildman–Crippen LogP) is 2.10. The van der Waals surface area contributed by atoms with E-state index in [-0.39, 0.29) is 17.2 Å². The summed E-state index contributed by atoms with van der Waals surface area (Å²) < 4.78 is 6.81. The molecule has 3 aromatic rings. The van der Waals surface area contributed by atoms with Crippen molar-refractivity contribution in [3.05, 3.63) is 94.4 Å². The smallest absolute Gasteiger partial charge is 0.271 e. The molecule has 26 heavy (non-hydrogen) atoms. The Balaban J connectivity index is 1.57. The van der Waals surface area contributed by atoms with Crippen molar-refractivity contribution in [1.29, 1.82) is 0 Å². The molecule has 6 heteroatoms. The molecule has 0 aliphatic carbocycles. The van der Waals surface area contributed by atoms with Gasteiger partial charge in [-0.25, -0.2) is 4.68 Å². The van der Waals surface area contributed by atoms with Crippen molar-refractivity contribution in [3.8, 4) is 5.75 Å². The minimum Gasteiger partial charge on any atom is -0.492 e. The van der Waals surface area contributed by atoms with Gasteiger partial charge >= 0.3 is 0 Å². The average molecular weight is 349 g/mol. The van der Waals surface area contributed by atoms with Crippen LogP contribution in [0.4, 0.5) is 0 Å². The minimum absolute atomic E-state index is 0.195. The molecule has 3 rings (SSSR count). The number of hydrogen-bond donors (Lipinski definition) is 1. The van der Waals surface area contributed by atoms with Crippen LogP contribution in [-0.4, -0.2) is 28.8 Å². The highest BCUT2D eigenvalue weighted by molar-refractivity contribution is 5.91. The van der Waals surface area contributed by atoms with Gasteiger partial charge in [0.15, 0.2) is 0 Å². The molecular weight excluding hydrogens is 330 g/mol. The average Bonchev–Trinajstić information content (AvgIpc) is 2.68. The first kappa shape index (κ1) is 17.4. The first-order chi connectivity index (χ1) is 12.7. The zero-order chi connectivity index (χ0) is 18.2. The van der Waals surface area contributed by atoms with Crippen LogP contribution >= 0.6 is 0 Å². The zero-order valence-electron chi connectivity index (χ0n) is 14.2. The van der Waals surface area contributed by atoms with E-state index in [9.17, 15) is 9.59 Å². The summed E-state index contributed by atoms with van der Waals surface area (Å²) in [5.41, 5.74) is 0.883. The lowest BCUT2D eigenvalue weighted by atomic mass is 10.2. The number of hydrogen-bond acceptors (Lipinski definition) is 4. The number of ether oxygens (including phenoxy) is 1. The van der Waals surface area contributed by atoms with Gasteiger partial charge in [-0.05, 0) is 23.8 Å².